The quantitative estimate of drug-likeness (QED) is 0.793. The van der Waals surface area contributed by atoms with Gasteiger partial charge in [-0.25, -0.2) is 0 Å². The third-order valence-electron chi connectivity index (χ3n) is 2.75. The maximum Gasteiger partial charge on any atom is 0.390 e. The van der Waals surface area contributed by atoms with Crippen LogP contribution in [-0.4, -0.2) is 18.8 Å². The van der Waals surface area contributed by atoms with Crippen LogP contribution in [0.1, 0.15) is 32.1 Å². The van der Waals surface area contributed by atoms with Crippen molar-refractivity contribution >= 4 is 0 Å². The van der Waals surface area contributed by atoms with Crippen LogP contribution in [0.2, 0.25) is 0 Å². The first-order chi connectivity index (χ1) is 7.03. The molecule has 1 aliphatic rings. The second-order valence-electron chi connectivity index (χ2n) is 3.95. The maximum atomic E-state index is 11.9. The first-order valence-electron chi connectivity index (χ1n) is 5.22. The fourth-order valence-electron chi connectivity index (χ4n) is 1.93. The summed E-state index contributed by atoms with van der Waals surface area (Å²) in [5, 5.41) is 11.6. The molecule has 1 N–H and O–H groups in total. The van der Waals surface area contributed by atoms with Crippen LogP contribution < -0.4 is 5.32 Å². The second kappa shape index (κ2) is 5.36. The number of hydrogen-bond donors (Lipinski definition) is 1. The minimum absolute atomic E-state index is 0.0499. The van der Waals surface area contributed by atoms with Gasteiger partial charge in [0.2, 0.25) is 0 Å². The van der Waals surface area contributed by atoms with Crippen molar-refractivity contribution in [1.29, 1.82) is 5.26 Å². The SMILES string of the molecule is N#CC1CCCCC1NCCC(F)(F)F. The Morgan fingerprint density at radius 1 is 1.27 bits per heavy atom. The summed E-state index contributed by atoms with van der Waals surface area (Å²) in [6.45, 7) is -0.0770. The van der Waals surface area contributed by atoms with E-state index in [1.54, 1.807) is 0 Å². The average molecular weight is 220 g/mol. The molecule has 2 unspecified atom stereocenters. The predicted octanol–water partition coefficient (Wildman–Crippen LogP) is 2.61. The Labute approximate surface area is 87.5 Å². The summed E-state index contributed by atoms with van der Waals surface area (Å²) < 4.78 is 35.7. The largest absolute Gasteiger partial charge is 0.390 e. The highest BCUT2D eigenvalue weighted by atomic mass is 19.4. The Kier molecular flexibility index (Phi) is 4.40. The molecular weight excluding hydrogens is 205 g/mol. The van der Waals surface area contributed by atoms with Gasteiger partial charge in [0, 0.05) is 12.6 Å². The van der Waals surface area contributed by atoms with Crippen LogP contribution in [0.15, 0.2) is 0 Å². The zero-order valence-electron chi connectivity index (χ0n) is 8.48. The van der Waals surface area contributed by atoms with Crippen molar-refractivity contribution in [3.05, 3.63) is 0 Å². The van der Waals surface area contributed by atoms with Crippen LogP contribution in [0, 0.1) is 17.2 Å². The van der Waals surface area contributed by atoms with E-state index in [0.717, 1.165) is 25.7 Å². The van der Waals surface area contributed by atoms with Crippen molar-refractivity contribution in [2.24, 2.45) is 5.92 Å². The third-order valence-corrected chi connectivity index (χ3v) is 2.75. The number of hydrogen-bond acceptors (Lipinski definition) is 2. The fraction of sp³-hybridized carbons (Fsp3) is 0.900. The molecule has 1 saturated carbocycles. The van der Waals surface area contributed by atoms with Gasteiger partial charge in [0.25, 0.3) is 0 Å². The van der Waals surface area contributed by atoms with Crippen LogP contribution in [0.25, 0.3) is 0 Å². The lowest BCUT2D eigenvalue weighted by Crippen LogP contribution is -2.39. The van der Waals surface area contributed by atoms with E-state index in [2.05, 4.69) is 11.4 Å². The molecule has 0 spiro atoms. The zero-order chi connectivity index (χ0) is 11.3. The highest BCUT2D eigenvalue weighted by Crippen LogP contribution is 2.24. The first kappa shape index (κ1) is 12.3. The van der Waals surface area contributed by atoms with Crippen molar-refractivity contribution in [1.82, 2.24) is 5.32 Å². The van der Waals surface area contributed by atoms with E-state index >= 15 is 0 Å². The summed E-state index contributed by atoms with van der Waals surface area (Å²) in [6.07, 6.45) is -1.29. The molecule has 0 bridgehead atoms. The molecule has 0 saturated heterocycles. The number of rotatable bonds is 3. The van der Waals surface area contributed by atoms with Crippen molar-refractivity contribution in [2.45, 2.75) is 44.3 Å². The highest BCUT2D eigenvalue weighted by molar-refractivity contribution is 4.94. The van der Waals surface area contributed by atoms with E-state index in [1.165, 1.54) is 0 Å². The topological polar surface area (TPSA) is 35.8 Å². The lowest BCUT2D eigenvalue weighted by atomic mass is 9.85. The molecule has 0 amide bonds. The minimum atomic E-state index is -4.11. The minimum Gasteiger partial charge on any atom is -0.312 e. The summed E-state index contributed by atoms with van der Waals surface area (Å²) in [6, 6.07) is 2.11. The Bertz CT molecular complexity index is 232. The molecule has 0 heterocycles. The molecular formula is C10H15F3N2. The maximum absolute atomic E-state index is 11.9. The van der Waals surface area contributed by atoms with Crippen LogP contribution in [0.4, 0.5) is 13.2 Å². The van der Waals surface area contributed by atoms with Crippen molar-refractivity contribution in [3.8, 4) is 6.07 Å². The lowest BCUT2D eigenvalue weighted by Gasteiger charge is -2.27. The van der Waals surface area contributed by atoms with Gasteiger partial charge in [0.1, 0.15) is 0 Å². The van der Waals surface area contributed by atoms with E-state index in [1.807, 2.05) is 0 Å². The smallest absolute Gasteiger partial charge is 0.312 e. The molecule has 1 aliphatic carbocycles. The van der Waals surface area contributed by atoms with E-state index in [9.17, 15) is 13.2 Å². The Hall–Kier alpha value is -0.760. The van der Waals surface area contributed by atoms with Crippen molar-refractivity contribution < 1.29 is 13.2 Å². The molecule has 0 aromatic carbocycles. The molecule has 0 radical (unpaired) electrons. The number of halogens is 3. The van der Waals surface area contributed by atoms with Crippen molar-refractivity contribution in [3.63, 3.8) is 0 Å². The Morgan fingerprint density at radius 3 is 2.53 bits per heavy atom. The monoisotopic (exact) mass is 220 g/mol. The summed E-state index contributed by atoms with van der Waals surface area (Å²) >= 11 is 0. The number of nitrogens with one attached hydrogen (secondary N) is 1. The summed E-state index contributed by atoms with van der Waals surface area (Å²) in [5.74, 6) is -0.119. The molecule has 5 heteroatoms. The van der Waals surface area contributed by atoms with Crippen LogP contribution in [0.3, 0.4) is 0 Å². The molecule has 86 valence electrons. The lowest BCUT2D eigenvalue weighted by molar-refractivity contribution is -0.133. The van der Waals surface area contributed by atoms with Crippen molar-refractivity contribution in [2.75, 3.05) is 6.54 Å². The second-order valence-corrected chi connectivity index (χ2v) is 3.95. The predicted molar refractivity (Wildman–Crippen MR) is 50.0 cm³/mol. The summed E-state index contributed by atoms with van der Waals surface area (Å²) in [7, 11) is 0. The van der Waals surface area contributed by atoms with Gasteiger partial charge in [0.15, 0.2) is 0 Å². The highest BCUT2D eigenvalue weighted by Gasteiger charge is 2.29. The van der Waals surface area contributed by atoms with Gasteiger partial charge in [-0.05, 0) is 12.8 Å². The van der Waals surface area contributed by atoms with Crippen LogP contribution >= 0.6 is 0 Å². The molecule has 0 aliphatic heterocycles. The molecule has 2 nitrogen and oxygen atoms in total. The standard InChI is InChI=1S/C10H15F3N2/c11-10(12,13)5-6-15-9-4-2-1-3-8(9)7-14/h8-9,15H,1-6H2. The van der Waals surface area contributed by atoms with Gasteiger partial charge < -0.3 is 5.32 Å². The van der Waals surface area contributed by atoms with Gasteiger partial charge in [-0.3, -0.25) is 0 Å². The first-order valence-corrected chi connectivity index (χ1v) is 5.22. The van der Waals surface area contributed by atoms with E-state index in [4.69, 9.17) is 5.26 Å². The number of alkyl halides is 3. The fourth-order valence-corrected chi connectivity index (χ4v) is 1.93. The molecule has 1 fully saturated rings. The normalized spacial score (nSPS) is 27.3. The number of nitrogens with zero attached hydrogens (tertiary/aromatic N) is 1. The van der Waals surface area contributed by atoms with Gasteiger partial charge in [0.05, 0.1) is 18.4 Å². The molecule has 1 rings (SSSR count). The van der Waals surface area contributed by atoms with Gasteiger partial charge in [-0.1, -0.05) is 12.8 Å². The molecule has 15 heavy (non-hydrogen) atoms. The van der Waals surface area contributed by atoms with Crippen LogP contribution in [0.5, 0.6) is 0 Å². The molecule has 0 aromatic heterocycles. The zero-order valence-corrected chi connectivity index (χ0v) is 8.48. The van der Waals surface area contributed by atoms with E-state index < -0.39 is 12.6 Å². The number of nitriles is 1. The molecule has 2 atom stereocenters. The van der Waals surface area contributed by atoms with Crippen LogP contribution in [-0.2, 0) is 0 Å². The third kappa shape index (κ3) is 4.52. The van der Waals surface area contributed by atoms with E-state index in [-0.39, 0.29) is 18.5 Å². The van der Waals surface area contributed by atoms with E-state index in [0.29, 0.717) is 0 Å². The summed E-state index contributed by atoms with van der Waals surface area (Å²) in [5.41, 5.74) is 0. The molecule has 0 aromatic rings. The summed E-state index contributed by atoms with van der Waals surface area (Å²) in [4.78, 5) is 0. The van der Waals surface area contributed by atoms with Gasteiger partial charge in [-0.2, -0.15) is 18.4 Å². The van der Waals surface area contributed by atoms with Gasteiger partial charge in [-0.15, -0.1) is 0 Å². The average Bonchev–Trinajstić information content (AvgIpc) is 2.16. The van der Waals surface area contributed by atoms with Gasteiger partial charge >= 0.3 is 6.18 Å². The Morgan fingerprint density at radius 2 is 1.93 bits per heavy atom. The Balaban J connectivity index is 2.27.